The van der Waals surface area contributed by atoms with Crippen molar-refractivity contribution in [2.45, 2.75) is 15.2 Å². The van der Waals surface area contributed by atoms with Gasteiger partial charge in [-0.2, -0.15) is 0 Å². The summed E-state index contributed by atoms with van der Waals surface area (Å²) in [6.07, 6.45) is 0. The molecular formula is C55H33N3S. The van der Waals surface area contributed by atoms with Crippen molar-refractivity contribution < 1.29 is 0 Å². The number of para-hydroxylation sites is 6. The fourth-order valence-corrected chi connectivity index (χ4v) is 12.4. The molecule has 4 heteroatoms. The molecule has 1 spiro atoms. The molecule has 0 aliphatic carbocycles. The molecule has 3 aromatic heterocycles. The van der Waals surface area contributed by atoms with Crippen LogP contribution < -0.4 is 0 Å². The van der Waals surface area contributed by atoms with Gasteiger partial charge in [-0.1, -0.05) is 151 Å². The van der Waals surface area contributed by atoms with Gasteiger partial charge in [0, 0.05) is 53.5 Å². The minimum Gasteiger partial charge on any atom is -0.309 e. The minimum absolute atomic E-state index is 0.537. The van der Waals surface area contributed by atoms with Gasteiger partial charge in [-0.05, 0) is 82.9 Å². The van der Waals surface area contributed by atoms with Crippen LogP contribution in [0.4, 0.5) is 0 Å². The van der Waals surface area contributed by atoms with Crippen molar-refractivity contribution in [3.05, 3.63) is 222 Å². The van der Waals surface area contributed by atoms with Crippen LogP contribution in [0.1, 0.15) is 22.3 Å². The van der Waals surface area contributed by atoms with Crippen molar-refractivity contribution >= 4 is 77.2 Å². The number of nitrogens with zero attached hydrogens (tertiary/aromatic N) is 3. The molecule has 0 amide bonds. The van der Waals surface area contributed by atoms with E-state index in [1.165, 1.54) is 103 Å². The molecule has 1 atom stereocenters. The molecular weight excluding hydrogens is 735 g/mol. The number of rotatable bonds is 2. The molecule has 0 bridgehead atoms. The molecule has 9 aromatic carbocycles. The Hall–Kier alpha value is -7.27. The van der Waals surface area contributed by atoms with Crippen LogP contribution >= 0.6 is 11.8 Å². The molecule has 1 unspecified atom stereocenters. The van der Waals surface area contributed by atoms with Gasteiger partial charge in [-0.25, -0.2) is 0 Å². The van der Waals surface area contributed by atoms with Gasteiger partial charge >= 0.3 is 0 Å². The Balaban J connectivity index is 1.11. The van der Waals surface area contributed by atoms with Gasteiger partial charge in [0.25, 0.3) is 0 Å². The lowest BCUT2D eigenvalue weighted by atomic mass is 9.62. The van der Waals surface area contributed by atoms with Crippen LogP contribution in [-0.4, -0.2) is 13.7 Å². The summed E-state index contributed by atoms with van der Waals surface area (Å²) in [5.41, 5.74) is 15.7. The fourth-order valence-electron chi connectivity index (χ4n) is 11.1. The smallest absolute Gasteiger partial charge is 0.0764 e. The Morgan fingerprint density at radius 1 is 0.339 bits per heavy atom. The lowest BCUT2D eigenvalue weighted by Crippen LogP contribution is -2.37. The van der Waals surface area contributed by atoms with Gasteiger partial charge in [0.05, 0.1) is 44.2 Å². The maximum Gasteiger partial charge on any atom is 0.0764 e. The fraction of sp³-hybridized carbons (Fsp3) is 0.0182. The van der Waals surface area contributed by atoms with Crippen LogP contribution in [0.2, 0.25) is 0 Å². The standard InChI is InChI=1S/C55H33N3S/c1-2-15-34(16-3-1)56-45-24-9-4-17-36(45)38-30-29-35(33-50(38)56)57-47-26-11-6-19-40(47)52-49(57)32-31-44-54(52)59-51-28-13-8-22-42(51)55(44)41-21-7-12-27-48(41)58-46-25-10-5-18-37(46)39-20-14-23-43(55)53(39)58/h1-33H. The zero-order valence-electron chi connectivity index (χ0n) is 31.8. The number of hydrogen-bond donors (Lipinski definition) is 0. The van der Waals surface area contributed by atoms with E-state index in [-0.39, 0.29) is 0 Å². The Labute approximate surface area is 344 Å². The van der Waals surface area contributed by atoms with Crippen LogP contribution in [0, 0.1) is 0 Å². The monoisotopic (exact) mass is 767 g/mol. The van der Waals surface area contributed by atoms with Crippen molar-refractivity contribution in [3.8, 4) is 17.1 Å². The normalized spacial score (nSPS) is 15.5. The molecule has 5 heterocycles. The molecule has 14 rings (SSSR count). The van der Waals surface area contributed by atoms with Crippen molar-refractivity contribution in [2.24, 2.45) is 0 Å². The van der Waals surface area contributed by atoms with Crippen LogP contribution in [0.3, 0.4) is 0 Å². The van der Waals surface area contributed by atoms with Crippen molar-refractivity contribution in [1.82, 2.24) is 13.7 Å². The number of hydrogen-bond acceptors (Lipinski definition) is 1. The van der Waals surface area contributed by atoms with E-state index < -0.39 is 5.41 Å². The second kappa shape index (κ2) is 11.4. The molecule has 2 aliphatic heterocycles. The minimum atomic E-state index is -0.537. The number of aromatic nitrogens is 3. The third-order valence-corrected chi connectivity index (χ3v) is 14.5. The van der Waals surface area contributed by atoms with E-state index in [1.54, 1.807) is 0 Å². The van der Waals surface area contributed by atoms with Crippen molar-refractivity contribution in [1.29, 1.82) is 0 Å². The summed E-state index contributed by atoms with van der Waals surface area (Å²) < 4.78 is 7.44. The molecule has 2 aliphatic rings. The Bertz CT molecular complexity index is 3770. The van der Waals surface area contributed by atoms with Gasteiger partial charge in [-0.15, -0.1) is 0 Å². The Morgan fingerprint density at radius 2 is 0.932 bits per heavy atom. The highest BCUT2D eigenvalue weighted by Gasteiger charge is 2.50. The van der Waals surface area contributed by atoms with Crippen LogP contribution in [0.15, 0.2) is 210 Å². The summed E-state index contributed by atoms with van der Waals surface area (Å²) in [5, 5.41) is 7.67. The average molecular weight is 768 g/mol. The Kier molecular flexibility index (Phi) is 6.16. The van der Waals surface area contributed by atoms with Crippen molar-refractivity contribution in [3.63, 3.8) is 0 Å². The molecule has 59 heavy (non-hydrogen) atoms. The van der Waals surface area contributed by atoms with Gasteiger partial charge < -0.3 is 13.7 Å². The largest absolute Gasteiger partial charge is 0.309 e. The van der Waals surface area contributed by atoms with Gasteiger partial charge in [0.15, 0.2) is 0 Å². The highest BCUT2D eigenvalue weighted by Crippen LogP contribution is 2.62. The summed E-state index contributed by atoms with van der Waals surface area (Å²) in [6, 6.07) is 74.7. The zero-order chi connectivity index (χ0) is 38.4. The lowest BCUT2D eigenvalue weighted by Gasteiger charge is -2.45. The van der Waals surface area contributed by atoms with Gasteiger partial charge in [-0.3, -0.25) is 0 Å². The Morgan fingerprint density at radius 3 is 1.76 bits per heavy atom. The summed E-state index contributed by atoms with van der Waals surface area (Å²) in [6.45, 7) is 0. The van der Waals surface area contributed by atoms with E-state index in [0.717, 1.165) is 11.4 Å². The van der Waals surface area contributed by atoms with E-state index in [4.69, 9.17) is 0 Å². The van der Waals surface area contributed by atoms with E-state index in [1.807, 2.05) is 11.8 Å². The topological polar surface area (TPSA) is 14.8 Å². The first-order valence-corrected chi connectivity index (χ1v) is 21.2. The molecule has 274 valence electrons. The average Bonchev–Trinajstić information content (AvgIpc) is 3.94. The first-order valence-electron chi connectivity index (χ1n) is 20.4. The van der Waals surface area contributed by atoms with Crippen LogP contribution in [-0.2, 0) is 5.41 Å². The number of benzene rings is 9. The second-order valence-electron chi connectivity index (χ2n) is 16.0. The molecule has 0 N–H and O–H groups in total. The highest BCUT2D eigenvalue weighted by molar-refractivity contribution is 7.99. The van der Waals surface area contributed by atoms with Gasteiger partial charge in [0.2, 0.25) is 0 Å². The first kappa shape index (κ1) is 31.8. The molecule has 0 saturated heterocycles. The predicted octanol–water partition coefficient (Wildman–Crippen LogP) is 14.1. The number of fused-ring (bicyclic) bond motifs is 18. The summed E-state index contributed by atoms with van der Waals surface area (Å²) in [5.74, 6) is 0. The van der Waals surface area contributed by atoms with Crippen LogP contribution in [0.5, 0.6) is 0 Å². The van der Waals surface area contributed by atoms with Crippen LogP contribution in [0.25, 0.3) is 82.5 Å². The quantitative estimate of drug-likeness (QED) is 0.171. The van der Waals surface area contributed by atoms with Crippen molar-refractivity contribution in [2.75, 3.05) is 0 Å². The molecule has 0 fully saturated rings. The lowest BCUT2D eigenvalue weighted by molar-refractivity contribution is 0.692. The van der Waals surface area contributed by atoms with E-state index >= 15 is 0 Å². The molecule has 12 aromatic rings. The predicted molar refractivity (Wildman–Crippen MR) is 245 cm³/mol. The van der Waals surface area contributed by atoms with E-state index in [0.29, 0.717) is 0 Å². The summed E-state index contributed by atoms with van der Waals surface area (Å²) in [4.78, 5) is 2.63. The maximum absolute atomic E-state index is 2.53. The third kappa shape index (κ3) is 3.90. The summed E-state index contributed by atoms with van der Waals surface area (Å²) in [7, 11) is 0. The van der Waals surface area contributed by atoms with E-state index in [2.05, 4.69) is 214 Å². The summed E-state index contributed by atoms with van der Waals surface area (Å²) >= 11 is 1.93. The van der Waals surface area contributed by atoms with Gasteiger partial charge in [0.1, 0.15) is 0 Å². The molecule has 3 nitrogen and oxygen atoms in total. The first-order chi connectivity index (χ1) is 29.3. The second-order valence-corrected chi connectivity index (χ2v) is 17.1. The maximum atomic E-state index is 2.53. The highest BCUT2D eigenvalue weighted by atomic mass is 32.2. The SMILES string of the molecule is c1ccc(-n2c3ccccc3c3ccc(-n4c5ccccc5c5c6c(ccc54)C4(c5ccccc5S6)c5ccccc5-n5c6ccccc6c6cccc4c65)cc32)cc1. The molecule has 0 radical (unpaired) electrons. The third-order valence-electron chi connectivity index (χ3n) is 13.3. The van der Waals surface area contributed by atoms with E-state index in [9.17, 15) is 0 Å². The molecule has 0 saturated carbocycles. The zero-order valence-corrected chi connectivity index (χ0v) is 32.6.